The molecule has 26 heavy (non-hydrogen) atoms. The van der Waals surface area contributed by atoms with E-state index >= 15 is 0 Å². The zero-order chi connectivity index (χ0) is 18.8. The number of hydrogen-bond acceptors (Lipinski definition) is 1. The molecule has 4 aromatic carbocycles. The summed E-state index contributed by atoms with van der Waals surface area (Å²) in [4.78, 5) is 11.4. The second-order valence-corrected chi connectivity index (χ2v) is 8.33. The van der Waals surface area contributed by atoms with Crippen LogP contribution >= 0.6 is 47.8 Å². The molecule has 0 heterocycles. The summed E-state index contributed by atoms with van der Waals surface area (Å²) < 4.78 is 40.4. The maximum Gasteiger partial charge on any atom is 0.471 e. The molecule has 1 N–H and O–H groups in total. The lowest BCUT2D eigenvalue weighted by Gasteiger charge is -2.17. The molecule has 0 radical (unpaired) electrons. The lowest BCUT2D eigenvalue weighted by molar-refractivity contribution is -0.167. The summed E-state index contributed by atoms with van der Waals surface area (Å²) in [5.74, 6) is -2.00. The van der Waals surface area contributed by atoms with Crippen LogP contribution in [-0.2, 0) is 4.79 Å². The van der Waals surface area contributed by atoms with Crippen LogP contribution < -0.4 is 5.32 Å². The van der Waals surface area contributed by atoms with E-state index in [1.807, 2.05) is 29.6 Å². The van der Waals surface area contributed by atoms with E-state index < -0.39 is 12.1 Å². The highest BCUT2D eigenvalue weighted by Crippen LogP contribution is 2.45. The van der Waals surface area contributed by atoms with E-state index in [0.717, 1.165) is 35.9 Å². The number of nitrogens with one attached hydrogen (secondary N) is 1. The van der Waals surface area contributed by atoms with Crippen molar-refractivity contribution >= 4 is 91.7 Å². The number of rotatable bonds is 1. The summed E-state index contributed by atoms with van der Waals surface area (Å²) in [7, 11) is 0. The first-order valence-electron chi connectivity index (χ1n) is 7.31. The number of hydrogen-bond donors (Lipinski definition) is 1. The van der Waals surface area contributed by atoms with Crippen molar-refractivity contribution in [3.05, 3.63) is 49.8 Å². The first-order valence-corrected chi connectivity index (χ1v) is 9.69. The Morgan fingerprint density at radius 2 is 1.19 bits per heavy atom. The summed E-state index contributed by atoms with van der Waals surface area (Å²) in [6, 6.07) is 10.8. The van der Waals surface area contributed by atoms with Crippen molar-refractivity contribution in [3.63, 3.8) is 0 Å². The van der Waals surface area contributed by atoms with Crippen molar-refractivity contribution in [2.24, 2.45) is 0 Å². The van der Waals surface area contributed by atoms with Gasteiger partial charge in [-0.3, -0.25) is 4.79 Å². The number of amides is 1. The maximum absolute atomic E-state index is 12.7. The van der Waals surface area contributed by atoms with Gasteiger partial charge in [0.1, 0.15) is 0 Å². The smallest absolute Gasteiger partial charge is 0.318 e. The van der Waals surface area contributed by atoms with Gasteiger partial charge in [0.05, 0.1) is 5.69 Å². The summed E-state index contributed by atoms with van der Waals surface area (Å²) in [6.07, 6.45) is -4.96. The van der Waals surface area contributed by atoms with Crippen molar-refractivity contribution in [1.82, 2.24) is 0 Å². The van der Waals surface area contributed by atoms with Gasteiger partial charge in [0, 0.05) is 24.2 Å². The Labute approximate surface area is 170 Å². The molecule has 0 saturated heterocycles. The molecule has 1 amide bonds. The molecule has 4 aromatic rings. The Morgan fingerprint density at radius 3 is 1.69 bits per heavy atom. The lowest BCUT2D eigenvalue weighted by atomic mass is 9.93. The highest BCUT2D eigenvalue weighted by Gasteiger charge is 2.39. The molecule has 8 heteroatoms. The van der Waals surface area contributed by atoms with Gasteiger partial charge in [0.15, 0.2) is 0 Å². The number of carbonyl (C=O) groups is 1. The fraction of sp³-hybridized carbons (Fsp3) is 0.0556. The van der Waals surface area contributed by atoms with Crippen LogP contribution in [0.5, 0.6) is 0 Å². The van der Waals surface area contributed by atoms with E-state index in [2.05, 4.69) is 47.8 Å². The van der Waals surface area contributed by atoms with Gasteiger partial charge >= 0.3 is 12.1 Å². The van der Waals surface area contributed by atoms with Crippen molar-refractivity contribution in [1.29, 1.82) is 0 Å². The van der Waals surface area contributed by atoms with Crippen molar-refractivity contribution in [2.75, 3.05) is 5.32 Å². The highest BCUT2D eigenvalue weighted by atomic mass is 79.9. The molecule has 0 unspecified atom stereocenters. The highest BCUT2D eigenvalue weighted by molar-refractivity contribution is 9.11. The Balaban J connectivity index is 2.12. The van der Waals surface area contributed by atoms with Crippen LogP contribution in [-0.4, -0.2) is 12.1 Å². The summed E-state index contributed by atoms with van der Waals surface area (Å²) in [5.41, 5.74) is 0.109. The quantitative estimate of drug-likeness (QED) is 0.247. The minimum Gasteiger partial charge on any atom is -0.318 e. The van der Waals surface area contributed by atoms with E-state index in [1.54, 1.807) is 6.07 Å². The lowest BCUT2D eigenvalue weighted by Crippen LogP contribution is -2.30. The van der Waals surface area contributed by atoms with Crippen LogP contribution in [0.15, 0.2) is 49.8 Å². The van der Waals surface area contributed by atoms with E-state index in [0.29, 0.717) is 9.86 Å². The standard InChI is InChI=1S/C18H7Br3F3NO/c19-11-5-12(20)8-3-4-10-14(25-17(26)18(22,23)24)6-13(21)9-2-1-7(11)15(8)16(9)10/h1-6H,(H,25,26). The van der Waals surface area contributed by atoms with Gasteiger partial charge in [-0.2, -0.15) is 13.2 Å². The molecule has 0 aliphatic rings. The Hall–Kier alpha value is -1.38. The first kappa shape index (κ1) is 18.0. The van der Waals surface area contributed by atoms with Gasteiger partial charge in [-0.05, 0) is 33.7 Å². The molecular weight excluding hydrogens is 543 g/mol. The number of benzene rings is 4. The van der Waals surface area contributed by atoms with Crippen LogP contribution in [0.3, 0.4) is 0 Å². The van der Waals surface area contributed by atoms with Crippen molar-refractivity contribution in [3.8, 4) is 0 Å². The largest absolute Gasteiger partial charge is 0.471 e. The summed E-state index contributed by atoms with van der Waals surface area (Å²) in [5, 5.41) is 6.96. The third-order valence-corrected chi connectivity index (χ3v) is 6.22. The predicted octanol–water partition coefficient (Wildman–Crippen LogP) is 7.37. The summed E-state index contributed by atoms with van der Waals surface area (Å²) in [6.45, 7) is 0. The molecule has 0 aliphatic carbocycles. The molecular formula is C18H7Br3F3NO. The second kappa shape index (κ2) is 6.07. The minimum atomic E-state index is -4.96. The van der Waals surface area contributed by atoms with E-state index in [-0.39, 0.29) is 5.69 Å². The molecule has 0 saturated carbocycles. The van der Waals surface area contributed by atoms with Crippen molar-refractivity contribution in [2.45, 2.75) is 6.18 Å². The van der Waals surface area contributed by atoms with Gasteiger partial charge in [-0.15, -0.1) is 0 Å². The van der Waals surface area contributed by atoms with Crippen molar-refractivity contribution < 1.29 is 18.0 Å². The number of halogens is 6. The summed E-state index contributed by atoms with van der Waals surface area (Å²) >= 11 is 10.5. The van der Waals surface area contributed by atoms with E-state index in [9.17, 15) is 18.0 Å². The molecule has 132 valence electrons. The Morgan fingerprint density at radius 1 is 0.769 bits per heavy atom. The molecule has 2 nitrogen and oxygen atoms in total. The Kier molecular flexibility index (Phi) is 4.20. The molecule has 0 atom stereocenters. The Bertz CT molecular complexity index is 1180. The molecule has 0 bridgehead atoms. The topological polar surface area (TPSA) is 29.1 Å². The zero-order valence-electron chi connectivity index (χ0n) is 12.6. The average Bonchev–Trinajstić information content (AvgIpc) is 2.56. The van der Waals surface area contributed by atoms with Gasteiger partial charge in [0.25, 0.3) is 0 Å². The third kappa shape index (κ3) is 2.70. The number of alkyl halides is 3. The predicted molar refractivity (Wildman–Crippen MR) is 108 cm³/mol. The maximum atomic E-state index is 12.7. The normalized spacial score (nSPS) is 12.4. The second-order valence-electron chi connectivity index (χ2n) is 5.77. The minimum absolute atomic E-state index is 0.109. The fourth-order valence-corrected chi connectivity index (χ4v) is 5.15. The fourth-order valence-electron chi connectivity index (χ4n) is 3.16. The number of anilines is 1. The van der Waals surface area contributed by atoms with Gasteiger partial charge in [-0.25, -0.2) is 0 Å². The van der Waals surface area contributed by atoms with E-state index in [4.69, 9.17) is 0 Å². The third-order valence-electron chi connectivity index (χ3n) is 4.25. The first-order chi connectivity index (χ1) is 12.2. The van der Waals surface area contributed by atoms with Gasteiger partial charge < -0.3 is 5.32 Å². The number of carbonyl (C=O) groups excluding carboxylic acids is 1. The monoisotopic (exact) mass is 547 g/mol. The molecule has 0 aliphatic heterocycles. The van der Waals surface area contributed by atoms with Crippen LogP contribution in [0, 0.1) is 0 Å². The average molecular weight is 550 g/mol. The van der Waals surface area contributed by atoms with E-state index in [1.165, 1.54) is 6.07 Å². The molecule has 0 fully saturated rings. The van der Waals surface area contributed by atoms with Gasteiger partial charge in [0.2, 0.25) is 0 Å². The molecule has 0 spiro atoms. The van der Waals surface area contributed by atoms with Gasteiger partial charge in [-0.1, -0.05) is 72.1 Å². The van der Waals surface area contributed by atoms with Crippen LogP contribution in [0.25, 0.3) is 32.3 Å². The van der Waals surface area contributed by atoms with Crippen LogP contribution in [0.4, 0.5) is 18.9 Å². The van der Waals surface area contributed by atoms with Crippen LogP contribution in [0.2, 0.25) is 0 Å². The van der Waals surface area contributed by atoms with Crippen LogP contribution in [0.1, 0.15) is 0 Å². The molecule has 4 rings (SSSR count). The SMILES string of the molecule is O=C(Nc1cc(Br)c2ccc3c(Br)cc(Br)c4ccc1c2c34)C(F)(F)F. The zero-order valence-corrected chi connectivity index (χ0v) is 17.4. The molecule has 0 aromatic heterocycles.